The Balaban J connectivity index is 2.39. The standard InChI is InChI=1S/C24H32BrN3O4S/c1-6-18(3)26-24(30)19(4)27(15-20-11-13-21(25)14-12-20)23(29)16-28(33(5,31)32)22-10-8-7-9-17(22)2/h7-14,18-19H,6,15-16H2,1-5H3,(H,26,30)/t18-,19-/m1/s1. The molecule has 33 heavy (non-hydrogen) atoms. The molecule has 0 bridgehead atoms. The van der Waals surface area contributed by atoms with Gasteiger partial charge in [-0.1, -0.05) is 53.2 Å². The number of benzene rings is 2. The molecular weight excluding hydrogens is 506 g/mol. The van der Waals surface area contributed by atoms with Gasteiger partial charge in [-0.25, -0.2) is 8.42 Å². The van der Waals surface area contributed by atoms with Gasteiger partial charge in [0.05, 0.1) is 11.9 Å². The molecule has 0 aromatic heterocycles. The highest BCUT2D eigenvalue weighted by Gasteiger charge is 2.30. The highest BCUT2D eigenvalue weighted by Crippen LogP contribution is 2.23. The Kier molecular flexibility index (Phi) is 9.48. The predicted molar refractivity (Wildman–Crippen MR) is 135 cm³/mol. The van der Waals surface area contributed by atoms with E-state index < -0.39 is 28.5 Å². The summed E-state index contributed by atoms with van der Waals surface area (Å²) in [5.41, 5.74) is 2.00. The Morgan fingerprint density at radius 1 is 1.06 bits per heavy atom. The molecule has 7 nitrogen and oxygen atoms in total. The summed E-state index contributed by atoms with van der Waals surface area (Å²) in [5.74, 6) is -0.741. The molecule has 2 rings (SSSR count). The van der Waals surface area contributed by atoms with Crippen LogP contribution < -0.4 is 9.62 Å². The number of aryl methyl sites for hydroxylation is 1. The molecule has 1 N–H and O–H groups in total. The molecule has 2 atom stereocenters. The van der Waals surface area contributed by atoms with Crippen molar-refractivity contribution in [2.45, 2.75) is 52.7 Å². The van der Waals surface area contributed by atoms with Gasteiger partial charge in [0.25, 0.3) is 0 Å². The van der Waals surface area contributed by atoms with E-state index >= 15 is 0 Å². The summed E-state index contributed by atoms with van der Waals surface area (Å²) in [5, 5.41) is 2.91. The van der Waals surface area contributed by atoms with Gasteiger partial charge in [-0.15, -0.1) is 0 Å². The lowest BCUT2D eigenvalue weighted by Gasteiger charge is -2.32. The van der Waals surface area contributed by atoms with Gasteiger partial charge in [0.2, 0.25) is 21.8 Å². The minimum Gasteiger partial charge on any atom is -0.352 e. The van der Waals surface area contributed by atoms with Crippen LogP contribution in [0.5, 0.6) is 0 Å². The van der Waals surface area contributed by atoms with Gasteiger partial charge in [0.1, 0.15) is 12.6 Å². The first-order valence-electron chi connectivity index (χ1n) is 10.8. The van der Waals surface area contributed by atoms with E-state index in [2.05, 4.69) is 21.2 Å². The van der Waals surface area contributed by atoms with Gasteiger partial charge in [-0.05, 0) is 56.5 Å². The minimum absolute atomic E-state index is 0.0379. The zero-order chi connectivity index (χ0) is 24.8. The summed E-state index contributed by atoms with van der Waals surface area (Å²) in [6.45, 7) is 7.09. The van der Waals surface area contributed by atoms with Crippen molar-refractivity contribution in [2.24, 2.45) is 0 Å². The van der Waals surface area contributed by atoms with Crippen LogP contribution in [0.25, 0.3) is 0 Å². The zero-order valence-electron chi connectivity index (χ0n) is 19.7. The lowest BCUT2D eigenvalue weighted by molar-refractivity contribution is -0.139. The highest BCUT2D eigenvalue weighted by molar-refractivity contribution is 9.10. The molecule has 0 saturated carbocycles. The van der Waals surface area contributed by atoms with Gasteiger partial charge in [-0.3, -0.25) is 13.9 Å². The van der Waals surface area contributed by atoms with Crippen LogP contribution in [-0.2, 0) is 26.2 Å². The van der Waals surface area contributed by atoms with Crippen LogP contribution in [0.4, 0.5) is 5.69 Å². The molecule has 0 saturated heterocycles. The first kappa shape index (κ1) is 26.9. The van der Waals surface area contributed by atoms with Gasteiger partial charge < -0.3 is 10.2 Å². The van der Waals surface area contributed by atoms with Crippen molar-refractivity contribution in [3.05, 3.63) is 64.1 Å². The van der Waals surface area contributed by atoms with Gasteiger partial charge in [0, 0.05) is 17.1 Å². The molecule has 0 spiro atoms. The normalized spacial score (nSPS) is 13.2. The zero-order valence-corrected chi connectivity index (χ0v) is 22.1. The van der Waals surface area contributed by atoms with Crippen LogP contribution in [0.3, 0.4) is 0 Å². The van der Waals surface area contributed by atoms with Crippen LogP contribution in [0.1, 0.15) is 38.3 Å². The number of rotatable bonds is 10. The fraction of sp³-hybridized carbons (Fsp3) is 0.417. The quantitative estimate of drug-likeness (QED) is 0.498. The largest absolute Gasteiger partial charge is 0.352 e. The molecule has 0 radical (unpaired) electrons. The number of nitrogens with zero attached hydrogens (tertiary/aromatic N) is 2. The number of hydrogen-bond acceptors (Lipinski definition) is 4. The second-order valence-electron chi connectivity index (χ2n) is 8.20. The number of sulfonamides is 1. The Labute approximate surface area is 205 Å². The number of amides is 2. The molecule has 0 aliphatic carbocycles. The molecule has 0 unspecified atom stereocenters. The van der Waals surface area contributed by atoms with Crippen molar-refractivity contribution in [1.29, 1.82) is 0 Å². The molecule has 0 aliphatic rings. The minimum atomic E-state index is -3.74. The summed E-state index contributed by atoms with van der Waals surface area (Å²) >= 11 is 3.40. The maximum Gasteiger partial charge on any atom is 0.244 e. The second kappa shape index (κ2) is 11.7. The van der Waals surface area contributed by atoms with Gasteiger partial charge >= 0.3 is 0 Å². The molecule has 180 valence electrons. The summed E-state index contributed by atoms with van der Waals surface area (Å²) in [7, 11) is -3.74. The van der Waals surface area contributed by atoms with Crippen LogP contribution >= 0.6 is 15.9 Å². The van der Waals surface area contributed by atoms with Crippen molar-refractivity contribution in [3.63, 3.8) is 0 Å². The second-order valence-corrected chi connectivity index (χ2v) is 11.0. The van der Waals surface area contributed by atoms with Crippen LogP contribution in [0, 0.1) is 6.92 Å². The smallest absolute Gasteiger partial charge is 0.244 e. The molecule has 2 aromatic rings. The molecule has 2 aromatic carbocycles. The summed E-state index contributed by atoms with van der Waals surface area (Å²) in [6, 6.07) is 13.6. The van der Waals surface area contributed by atoms with Crippen molar-refractivity contribution < 1.29 is 18.0 Å². The first-order chi connectivity index (χ1) is 15.4. The summed E-state index contributed by atoms with van der Waals surface area (Å²) in [6.07, 6.45) is 1.83. The SMILES string of the molecule is CC[C@@H](C)NC(=O)[C@@H](C)N(Cc1ccc(Br)cc1)C(=O)CN(c1ccccc1C)S(C)(=O)=O. The maximum atomic E-state index is 13.5. The topological polar surface area (TPSA) is 86.8 Å². The Bertz CT molecular complexity index is 1070. The van der Waals surface area contributed by atoms with E-state index in [0.717, 1.165) is 32.6 Å². The average molecular weight is 539 g/mol. The monoisotopic (exact) mass is 537 g/mol. The first-order valence-corrected chi connectivity index (χ1v) is 13.5. The number of halogens is 1. The Hall–Kier alpha value is -2.39. The van der Waals surface area contributed by atoms with Crippen molar-refractivity contribution in [3.8, 4) is 0 Å². The van der Waals surface area contributed by atoms with E-state index in [4.69, 9.17) is 0 Å². The molecule has 0 fully saturated rings. The molecule has 2 amide bonds. The molecule has 9 heteroatoms. The Morgan fingerprint density at radius 2 is 1.67 bits per heavy atom. The number of hydrogen-bond donors (Lipinski definition) is 1. The molecular formula is C24H32BrN3O4S. The van der Waals surface area contributed by atoms with E-state index in [1.54, 1.807) is 32.0 Å². The van der Waals surface area contributed by atoms with E-state index in [1.807, 2.05) is 44.2 Å². The van der Waals surface area contributed by atoms with E-state index in [9.17, 15) is 18.0 Å². The van der Waals surface area contributed by atoms with Crippen LogP contribution in [0.2, 0.25) is 0 Å². The lowest BCUT2D eigenvalue weighted by Crippen LogP contribution is -2.52. The van der Waals surface area contributed by atoms with Gasteiger partial charge in [0.15, 0.2) is 0 Å². The number of nitrogens with one attached hydrogen (secondary N) is 1. The maximum absolute atomic E-state index is 13.5. The van der Waals surface area contributed by atoms with E-state index in [-0.39, 0.29) is 18.5 Å². The average Bonchev–Trinajstić information content (AvgIpc) is 2.76. The van der Waals surface area contributed by atoms with Gasteiger partial charge in [-0.2, -0.15) is 0 Å². The lowest BCUT2D eigenvalue weighted by atomic mass is 10.1. The number of para-hydroxylation sites is 1. The summed E-state index contributed by atoms with van der Waals surface area (Å²) in [4.78, 5) is 27.8. The van der Waals surface area contributed by atoms with E-state index in [1.165, 1.54) is 4.90 Å². The highest BCUT2D eigenvalue weighted by atomic mass is 79.9. The molecule has 0 heterocycles. The van der Waals surface area contributed by atoms with Crippen LogP contribution in [0.15, 0.2) is 53.0 Å². The van der Waals surface area contributed by atoms with Crippen molar-refractivity contribution >= 4 is 43.5 Å². The predicted octanol–water partition coefficient (Wildman–Crippen LogP) is 3.86. The van der Waals surface area contributed by atoms with Crippen molar-refractivity contribution in [2.75, 3.05) is 17.1 Å². The van der Waals surface area contributed by atoms with E-state index in [0.29, 0.717) is 5.69 Å². The number of anilines is 1. The number of carbonyl (C=O) groups is 2. The van der Waals surface area contributed by atoms with Crippen molar-refractivity contribution in [1.82, 2.24) is 10.2 Å². The number of carbonyl (C=O) groups excluding carboxylic acids is 2. The third-order valence-electron chi connectivity index (χ3n) is 5.50. The third-order valence-corrected chi connectivity index (χ3v) is 7.15. The fourth-order valence-corrected chi connectivity index (χ4v) is 4.44. The Morgan fingerprint density at radius 3 is 2.21 bits per heavy atom. The molecule has 0 aliphatic heterocycles. The fourth-order valence-electron chi connectivity index (χ4n) is 3.27. The summed E-state index contributed by atoms with van der Waals surface area (Å²) < 4.78 is 27.2. The third kappa shape index (κ3) is 7.57. The van der Waals surface area contributed by atoms with Crippen LogP contribution in [-0.4, -0.2) is 50.0 Å².